The van der Waals surface area contributed by atoms with Crippen LogP contribution in [-0.4, -0.2) is 27.9 Å². The molecule has 2 N–H and O–H groups in total. The molecule has 8 heteroatoms. The van der Waals surface area contributed by atoms with E-state index in [-0.39, 0.29) is 19.6 Å². The van der Waals surface area contributed by atoms with Crippen molar-refractivity contribution in [1.29, 1.82) is 0 Å². The van der Waals surface area contributed by atoms with Crippen LogP contribution in [0.3, 0.4) is 0 Å². The molecular weight excluding hydrogens is 607 g/mol. The van der Waals surface area contributed by atoms with E-state index in [2.05, 4.69) is 10.3 Å². The number of nitrogens with zero attached hydrogens (tertiary/aromatic N) is 1. The Kier molecular flexibility index (Phi) is 10.3. The van der Waals surface area contributed by atoms with Crippen LogP contribution in [0, 0.1) is 0 Å². The molecule has 7 nitrogen and oxygen atoms in total. The van der Waals surface area contributed by atoms with Gasteiger partial charge < -0.3 is 19.5 Å². The number of aliphatic hydroxyl groups is 1. The standard InChI is InChI=1S/C39H35N2O5P/c42-38(35-25-34-18-10-11-19-36(34)40-26-35)41-37(24-29-20-22-33(23-21-29)32-16-8-3-9-17-32)39(43)47(44,45-27-30-12-4-1-5-13-30)46-28-31-14-6-2-7-15-31/h1-23,25-26,37,39,43H,24,27-28H2,(H,41,42)/t37-,39?/m0/s1. The number of benzene rings is 5. The number of para-hydroxylation sites is 1. The zero-order valence-electron chi connectivity index (χ0n) is 25.7. The van der Waals surface area contributed by atoms with Crippen LogP contribution in [0.4, 0.5) is 0 Å². The Hall–Kier alpha value is -4.91. The highest BCUT2D eigenvalue weighted by atomic mass is 31.2. The second kappa shape index (κ2) is 15.1. The van der Waals surface area contributed by atoms with Gasteiger partial charge in [0.1, 0.15) is 0 Å². The number of fused-ring (bicyclic) bond motifs is 1. The van der Waals surface area contributed by atoms with E-state index >= 15 is 0 Å². The first kappa shape index (κ1) is 32.0. The molecule has 0 radical (unpaired) electrons. The van der Waals surface area contributed by atoms with E-state index in [1.165, 1.54) is 6.20 Å². The van der Waals surface area contributed by atoms with Crippen molar-refractivity contribution in [3.8, 4) is 11.1 Å². The van der Waals surface area contributed by atoms with E-state index in [0.29, 0.717) is 5.56 Å². The molecule has 6 aromatic rings. The largest absolute Gasteiger partial charge is 0.379 e. The molecule has 236 valence electrons. The fourth-order valence-electron chi connectivity index (χ4n) is 5.28. The number of aromatic nitrogens is 1. The molecule has 2 atom stereocenters. The lowest BCUT2D eigenvalue weighted by atomic mass is 10.0. The molecule has 0 saturated carbocycles. The van der Waals surface area contributed by atoms with Gasteiger partial charge in [-0.2, -0.15) is 0 Å². The van der Waals surface area contributed by atoms with Gasteiger partial charge in [0.25, 0.3) is 5.91 Å². The van der Waals surface area contributed by atoms with Crippen LogP contribution in [0.25, 0.3) is 22.0 Å². The van der Waals surface area contributed by atoms with E-state index in [1.807, 2.05) is 140 Å². The summed E-state index contributed by atoms with van der Waals surface area (Å²) in [5, 5.41) is 15.6. The quantitative estimate of drug-likeness (QED) is 0.123. The molecule has 1 aromatic heterocycles. The van der Waals surface area contributed by atoms with Crippen molar-refractivity contribution in [3.05, 3.63) is 174 Å². The molecule has 0 aliphatic heterocycles. The SMILES string of the molecule is O=C(N[C@@H](Cc1ccc(-c2ccccc2)cc1)C(O)P(=O)(OCc1ccccc1)OCc1ccccc1)c1cnc2ccccc2c1. The van der Waals surface area contributed by atoms with Gasteiger partial charge in [-0.05, 0) is 46.4 Å². The molecular formula is C39H35N2O5P. The number of pyridine rings is 1. The minimum atomic E-state index is -4.25. The molecule has 6 rings (SSSR count). The number of amides is 1. The molecule has 47 heavy (non-hydrogen) atoms. The van der Waals surface area contributed by atoms with Crippen molar-refractivity contribution >= 4 is 24.4 Å². The van der Waals surface area contributed by atoms with Crippen LogP contribution in [0.5, 0.6) is 0 Å². The van der Waals surface area contributed by atoms with Gasteiger partial charge in [0.05, 0.1) is 30.3 Å². The van der Waals surface area contributed by atoms with Crippen molar-refractivity contribution < 1.29 is 23.5 Å². The van der Waals surface area contributed by atoms with Gasteiger partial charge >= 0.3 is 7.60 Å². The molecule has 0 aliphatic carbocycles. The smallest absolute Gasteiger partial charge is 0.361 e. The van der Waals surface area contributed by atoms with Crippen LogP contribution in [0.2, 0.25) is 0 Å². The number of aliphatic hydroxyl groups excluding tert-OH is 1. The fourth-order valence-corrected chi connectivity index (χ4v) is 6.94. The maximum atomic E-state index is 14.6. The average molecular weight is 643 g/mol. The minimum Gasteiger partial charge on any atom is -0.379 e. The Labute approximate surface area is 274 Å². The number of hydrogen-bond acceptors (Lipinski definition) is 6. The van der Waals surface area contributed by atoms with Gasteiger partial charge in [-0.15, -0.1) is 0 Å². The molecule has 0 fully saturated rings. The van der Waals surface area contributed by atoms with Gasteiger partial charge in [-0.3, -0.25) is 14.3 Å². The van der Waals surface area contributed by atoms with Crippen LogP contribution < -0.4 is 5.32 Å². The van der Waals surface area contributed by atoms with E-state index < -0.39 is 25.4 Å². The zero-order valence-corrected chi connectivity index (χ0v) is 26.6. The second-order valence-corrected chi connectivity index (χ2v) is 13.4. The van der Waals surface area contributed by atoms with Crippen molar-refractivity contribution in [2.75, 3.05) is 0 Å². The van der Waals surface area contributed by atoms with Gasteiger partial charge in [0.2, 0.25) is 0 Å². The summed E-state index contributed by atoms with van der Waals surface area (Å²) >= 11 is 0. The van der Waals surface area contributed by atoms with Gasteiger partial charge in [-0.1, -0.05) is 133 Å². The van der Waals surface area contributed by atoms with Gasteiger partial charge in [-0.25, -0.2) is 0 Å². The Balaban J connectivity index is 1.30. The maximum absolute atomic E-state index is 14.6. The first-order chi connectivity index (χ1) is 23.0. The van der Waals surface area contributed by atoms with Gasteiger partial charge in [0.15, 0.2) is 5.85 Å². The second-order valence-electron chi connectivity index (χ2n) is 11.2. The molecule has 0 spiro atoms. The number of nitrogens with one attached hydrogen (secondary N) is 1. The van der Waals surface area contributed by atoms with Crippen LogP contribution in [0.15, 0.2) is 152 Å². The summed E-state index contributed by atoms with van der Waals surface area (Å²) in [4.78, 5) is 18.1. The normalized spacial score (nSPS) is 12.8. The molecule has 1 amide bonds. The monoisotopic (exact) mass is 642 g/mol. The van der Waals surface area contributed by atoms with Crippen LogP contribution >= 0.6 is 7.60 Å². The third-order valence-electron chi connectivity index (χ3n) is 7.88. The number of carbonyl (C=O) groups excluding carboxylic acids is 1. The van der Waals surface area contributed by atoms with Crippen molar-refractivity contribution in [2.24, 2.45) is 0 Å². The molecule has 0 saturated heterocycles. The number of carbonyl (C=O) groups is 1. The lowest BCUT2D eigenvalue weighted by Gasteiger charge is -2.30. The zero-order chi connectivity index (χ0) is 32.5. The molecule has 1 heterocycles. The summed E-state index contributed by atoms with van der Waals surface area (Å²) in [6.07, 6.45) is 1.66. The Morgan fingerprint density at radius 2 is 1.21 bits per heavy atom. The van der Waals surface area contributed by atoms with Crippen molar-refractivity contribution in [2.45, 2.75) is 31.5 Å². The lowest BCUT2D eigenvalue weighted by Crippen LogP contribution is -2.45. The first-order valence-corrected chi connectivity index (χ1v) is 17.0. The molecule has 1 unspecified atom stereocenters. The Bertz CT molecular complexity index is 1910. The topological polar surface area (TPSA) is 97.8 Å². The predicted octanol–water partition coefficient (Wildman–Crippen LogP) is 8.19. The first-order valence-electron chi connectivity index (χ1n) is 15.4. The molecule has 0 bridgehead atoms. The number of rotatable bonds is 13. The summed E-state index contributed by atoms with van der Waals surface area (Å²) < 4.78 is 26.5. The maximum Gasteiger partial charge on any atom is 0.361 e. The summed E-state index contributed by atoms with van der Waals surface area (Å²) in [7, 11) is -4.25. The highest BCUT2D eigenvalue weighted by molar-refractivity contribution is 7.54. The summed E-state index contributed by atoms with van der Waals surface area (Å²) in [6, 6.07) is 44.6. The summed E-state index contributed by atoms with van der Waals surface area (Å²) in [5.41, 5.74) is 5.52. The van der Waals surface area contributed by atoms with Crippen molar-refractivity contribution in [3.63, 3.8) is 0 Å². The van der Waals surface area contributed by atoms with E-state index in [4.69, 9.17) is 9.05 Å². The highest BCUT2D eigenvalue weighted by Gasteiger charge is 2.41. The predicted molar refractivity (Wildman–Crippen MR) is 185 cm³/mol. The fraction of sp³-hybridized carbons (Fsp3) is 0.128. The molecule has 5 aromatic carbocycles. The number of hydrogen-bond donors (Lipinski definition) is 2. The Morgan fingerprint density at radius 3 is 1.83 bits per heavy atom. The van der Waals surface area contributed by atoms with Crippen LogP contribution in [-0.2, 0) is 33.2 Å². The van der Waals surface area contributed by atoms with Gasteiger partial charge in [0, 0.05) is 11.6 Å². The Morgan fingerprint density at radius 1 is 0.681 bits per heavy atom. The lowest BCUT2D eigenvalue weighted by molar-refractivity contribution is 0.0844. The van der Waals surface area contributed by atoms with E-state index in [0.717, 1.165) is 38.7 Å². The summed E-state index contributed by atoms with van der Waals surface area (Å²) in [6.45, 7) is -0.101. The molecule has 0 aliphatic rings. The highest BCUT2D eigenvalue weighted by Crippen LogP contribution is 2.55. The third-order valence-corrected chi connectivity index (χ3v) is 9.86. The van der Waals surface area contributed by atoms with Crippen molar-refractivity contribution in [1.82, 2.24) is 10.3 Å². The average Bonchev–Trinajstić information content (AvgIpc) is 3.14. The summed E-state index contributed by atoms with van der Waals surface area (Å²) in [5.74, 6) is -2.16. The van der Waals surface area contributed by atoms with E-state index in [9.17, 15) is 14.5 Å². The van der Waals surface area contributed by atoms with Crippen LogP contribution in [0.1, 0.15) is 27.0 Å². The van der Waals surface area contributed by atoms with E-state index in [1.54, 1.807) is 6.07 Å². The minimum absolute atomic E-state index is 0.0506. The third kappa shape index (κ3) is 8.28.